The Morgan fingerprint density at radius 3 is 2.87 bits per heavy atom. The molecule has 0 aromatic heterocycles. The Labute approximate surface area is 188 Å². The quantitative estimate of drug-likeness (QED) is 0.475. The summed E-state index contributed by atoms with van der Waals surface area (Å²) in [5.41, 5.74) is 1.16. The first-order valence-corrected chi connectivity index (χ1v) is 10.3. The lowest BCUT2D eigenvalue weighted by atomic mass is 10.2. The number of benzene rings is 2. The molecule has 2 aromatic rings. The number of aliphatic imine (C=N–C) groups is 1. The minimum Gasteiger partial charge on any atom is -0.490 e. The second-order valence-corrected chi connectivity index (χ2v) is 7.53. The maximum Gasteiger partial charge on any atom is 0.335 e. The SMILES string of the molecule is C#CCOc1c(Cl)cc(/C=C2\SC(=Nc3cccc(C(=O)O)c3)NC2=O)cc1OCC. The molecule has 1 amide bonds. The number of halogens is 1. The van der Waals surface area contributed by atoms with Crippen LogP contribution in [-0.2, 0) is 4.79 Å². The van der Waals surface area contributed by atoms with E-state index in [9.17, 15) is 9.59 Å². The van der Waals surface area contributed by atoms with Gasteiger partial charge in [-0.1, -0.05) is 23.6 Å². The molecule has 1 fully saturated rings. The fourth-order valence-corrected chi connectivity index (χ4v) is 3.76. The van der Waals surface area contributed by atoms with Crippen LogP contribution >= 0.6 is 23.4 Å². The smallest absolute Gasteiger partial charge is 0.335 e. The van der Waals surface area contributed by atoms with Crippen LogP contribution in [-0.4, -0.2) is 35.4 Å². The van der Waals surface area contributed by atoms with Crippen molar-refractivity contribution in [2.24, 2.45) is 4.99 Å². The average molecular weight is 457 g/mol. The van der Waals surface area contributed by atoms with Crippen molar-refractivity contribution in [1.82, 2.24) is 5.32 Å². The molecule has 158 valence electrons. The molecule has 2 aromatic carbocycles. The van der Waals surface area contributed by atoms with E-state index in [1.807, 2.05) is 6.92 Å². The second-order valence-electron chi connectivity index (χ2n) is 6.09. The second kappa shape index (κ2) is 10.1. The number of ether oxygens (including phenoxy) is 2. The van der Waals surface area contributed by atoms with E-state index in [2.05, 4.69) is 16.2 Å². The van der Waals surface area contributed by atoms with Crippen LogP contribution in [0, 0.1) is 12.3 Å². The summed E-state index contributed by atoms with van der Waals surface area (Å²) in [6.07, 6.45) is 6.89. The highest BCUT2D eigenvalue weighted by Crippen LogP contribution is 2.38. The molecule has 0 unspecified atom stereocenters. The van der Waals surface area contributed by atoms with Gasteiger partial charge in [-0.15, -0.1) is 6.42 Å². The molecular weight excluding hydrogens is 440 g/mol. The zero-order valence-electron chi connectivity index (χ0n) is 16.3. The van der Waals surface area contributed by atoms with Gasteiger partial charge in [0.25, 0.3) is 5.91 Å². The topological polar surface area (TPSA) is 97.2 Å². The predicted molar refractivity (Wildman–Crippen MR) is 121 cm³/mol. The molecule has 0 aliphatic carbocycles. The summed E-state index contributed by atoms with van der Waals surface area (Å²) in [6, 6.07) is 9.47. The number of hydrogen-bond donors (Lipinski definition) is 2. The van der Waals surface area contributed by atoms with Crippen molar-refractivity contribution in [2.45, 2.75) is 6.92 Å². The Balaban J connectivity index is 1.87. The van der Waals surface area contributed by atoms with E-state index in [1.54, 1.807) is 30.3 Å². The van der Waals surface area contributed by atoms with Gasteiger partial charge in [0.15, 0.2) is 16.7 Å². The molecule has 0 bridgehead atoms. The third-order valence-corrected chi connectivity index (χ3v) is 5.09. The number of amidine groups is 1. The molecule has 0 radical (unpaired) electrons. The van der Waals surface area contributed by atoms with E-state index < -0.39 is 5.97 Å². The molecule has 0 atom stereocenters. The van der Waals surface area contributed by atoms with Gasteiger partial charge in [-0.25, -0.2) is 9.79 Å². The molecule has 31 heavy (non-hydrogen) atoms. The maximum atomic E-state index is 12.4. The predicted octanol–water partition coefficient (Wildman–Crippen LogP) is 4.34. The highest BCUT2D eigenvalue weighted by molar-refractivity contribution is 8.18. The first kappa shape index (κ1) is 22.3. The van der Waals surface area contributed by atoms with E-state index in [0.717, 1.165) is 11.8 Å². The summed E-state index contributed by atoms with van der Waals surface area (Å²) < 4.78 is 11.1. The van der Waals surface area contributed by atoms with E-state index >= 15 is 0 Å². The summed E-state index contributed by atoms with van der Waals surface area (Å²) in [7, 11) is 0. The molecule has 1 aliphatic heterocycles. The average Bonchev–Trinajstić information content (AvgIpc) is 3.06. The van der Waals surface area contributed by atoms with Crippen LogP contribution in [0.2, 0.25) is 5.02 Å². The Morgan fingerprint density at radius 2 is 2.16 bits per heavy atom. The molecule has 3 rings (SSSR count). The molecule has 9 heteroatoms. The number of carboxylic acid groups (broad SMARTS) is 1. The molecule has 1 saturated heterocycles. The first-order valence-electron chi connectivity index (χ1n) is 9.06. The van der Waals surface area contributed by atoms with Gasteiger partial charge in [-0.3, -0.25) is 4.79 Å². The van der Waals surface area contributed by atoms with Crippen molar-refractivity contribution in [1.29, 1.82) is 0 Å². The minimum atomic E-state index is -1.05. The number of carboxylic acids is 1. The van der Waals surface area contributed by atoms with Crippen LogP contribution in [0.5, 0.6) is 11.5 Å². The number of nitrogens with zero attached hydrogens (tertiary/aromatic N) is 1. The van der Waals surface area contributed by atoms with Crippen molar-refractivity contribution in [3.8, 4) is 23.8 Å². The summed E-state index contributed by atoms with van der Waals surface area (Å²) >= 11 is 7.45. The van der Waals surface area contributed by atoms with Gasteiger partial charge in [-0.05, 0) is 60.7 Å². The standard InChI is InChI=1S/C22H17ClN2O5S/c1-3-8-30-19-16(23)9-13(10-17(19)29-4-2)11-18-20(26)25-22(31-18)24-15-7-5-6-14(12-15)21(27)28/h1,5-7,9-12H,4,8H2,2H3,(H,27,28)(H,24,25,26)/b18-11-. The highest BCUT2D eigenvalue weighted by atomic mass is 35.5. The molecule has 0 spiro atoms. The molecule has 0 saturated carbocycles. The zero-order chi connectivity index (χ0) is 22.4. The fraction of sp³-hybridized carbons (Fsp3) is 0.136. The number of carbonyl (C=O) groups is 2. The highest BCUT2D eigenvalue weighted by Gasteiger charge is 2.24. The Hall–Kier alpha value is -3.41. The summed E-state index contributed by atoms with van der Waals surface area (Å²) in [5.74, 6) is 1.75. The lowest BCUT2D eigenvalue weighted by Crippen LogP contribution is -2.19. The number of aromatic carboxylic acids is 1. The van der Waals surface area contributed by atoms with Gasteiger partial charge < -0.3 is 19.9 Å². The normalized spacial score (nSPS) is 15.6. The van der Waals surface area contributed by atoms with Gasteiger partial charge in [-0.2, -0.15) is 0 Å². The lowest BCUT2D eigenvalue weighted by molar-refractivity contribution is -0.115. The third-order valence-electron chi connectivity index (χ3n) is 3.90. The number of nitrogens with one attached hydrogen (secondary N) is 1. The Kier molecular flexibility index (Phi) is 7.23. The van der Waals surface area contributed by atoms with Gasteiger partial charge >= 0.3 is 5.97 Å². The number of rotatable bonds is 7. The van der Waals surface area contributed by atoms with E-state index in [0.29, 0.717) is 44.5 Å². The first-order chi connectivity index (χ1) is 14.9. The fourth-order valence-electron chi connectivity index (χ4n) is 2.65. The van der Waals surface area contributed by atoms with Crippen LogP contribution in [0.1, 0.15) is 22.8 Å². The van der Waals surface area contributed by atoms with Crippen molar-refractivity contribution < 1.29 is 24.2 Å². The van der Waals surface area contributed by atoms with Crippen molar-refractivity contribution in [3.05, 3.63) is 57.5 Å². The van der Waals surface area contributed by atoms with Crippen LogP contribution < -0.4 is 14.8 Å². The number of thioether (sulfide) groups is 1. The van der Waals surface area contributed by atoms with Gasteiger partial charge in [0.2, 0.25) is 0 Å². The molecular formula is C22H17ClN2O5S. The molecule has 7 nitrogen and oxygen atoms in total. The number of hydrogen-bond acceptors (Lipinski definition) is 6. The lowest BCUT2D eigenvalue weighted by Gasteiger charge is -2.13. The molecule has 1 aliphatic rings. The van der Waals surface area contributed by atoms with Gasteiger partial charge in [0.05, 0.1) is 27.8 Å². The van der Waals surface area contributed by atoms with Crippen LogP contribution in [0.3, 0.4) is 0 Å². The van der Waals surface area contributed by atoms with Crippen molar-refractivity contribution >= 4 is 52.2 Å². The largest absolute Gasteiger partial charge is 0.490 e. The summed E-state index contributed by atoms with van der Waals surface area (Å²) in [5, 5.41) is 12.4. The van der Waals surface area contributed by atoms with Gasteiger partial charge in [0.1, 0.15) is 6.61 Å². The Bertz CT molecular complexity index is 1140. The van der Waals surface area contributed by atoms with Crippen molar-refractivity contribution in [2.75, 3.05) is 13.2 Å². The summed E-state index contributed by atoms with van der Waals surface area (Å²) in [4.78, 5) is 28.2. The number of carbonyl (C=O) groups excluding carboxylic acids is 1. The van der Waals surface area contributed by atoms with E-state index in [1.165, 1.54) is 12.1 Å². The van der Waals surface area contributed by atoms with E-state index in [-0.39, 0.29) is 18.1 Å². The molecule has 2 N–H and O–H groups in total. The van der Waals surface area contributed by atoms with Crippen LogP contribution in [0.4, 0.5) is 5.69 Å². The van der Waals surface area contributed by atoms with Crippen LogP contribution in [0.25, 0.3) is 6.08 Å². The minimum absolute atomic E-state index is 0.0430. The van der Waals surface area contributed by atoms with E-state index in [4.69, 9.17) is 32.6 Å². The summed E-state index contributed by atoms with van der Waals surface area (Å²) in [6.45, 7) is 2.26. The number of amides is 1. The third kappa shape index (κ3) is 5.60. The van der Waals surface area contributed by atoms with Crippen LogP contribution in [0.15, 0.2) is 46.3 Å². The van der Waals surface area contributed by atoms with Crippen molar-refractivity contribution in [3.63, 3.8) is 0 Å². The Morgan fingerprint density at radius 1 is 1.35 bits per heavy atom. The zero-order valence-corrected chi connectivity index (χ0v) is 17.9. The molecule has 1 heterocycles. The monoisotopic (exact) mass is 456 g/mol. The number of terminal acetylenes is 1. The van der Waals surface area contributed by atoms with Gasteiger partial charge in [0, 0.05) is 0 Å². The maximum absolute atomic E-state index is 12.4.